The van der Waals surface area contributed by atoms with Crippen LogP contribution in [0.2, 0.25) is 0 Å². The van der Waals surface area contributed by atoms with Crippen molar-refractivity contribution in [1.29, 1.82) is 0 Å². The maximum absolute atomic E-state index is 6.41. The Morgan fingerprint density at radius 2 is 1.38 bits per heavy atom. The molecule has 5 rings (SSSR count). The Labute approximate surface area is 189 Å². The average Bonchev–Trinajstić information content (AvgIpc) is 3.26. The van der Waals surface area contributed by atoms with Crippen LogP contribution in [0.4, 0.5) is 0 Å². The summed E-state index contributed by atoms with van der Waals surface area (Å²) in [5, 5.41) is 0. The number of aromatic nitrogens is 2. The Balaban J connectivity index is 1.12. The zero-order valence-electron chi connectivity index (χ0n) is 18.4. The van der Waals surface area contributed by atoms with Crippen LogP contribution in [0, 0.1) is 0 Å². The zero-order valence-corrected chi connectivity index (χ0v) is 18.4. The molecular formula is C27H30N4O. The molecule has 4 aromatic rings. The van der Waals surface area contributed by atoms with E-state index in [-0.39, 0.29) is 6.10 Å². The summed E-state index contributed by atoms with van der Waals surface area (Å²) in [5.41, 5.74) is 4.57. The second-order valence-corrected chi connectivity index (χ2v) is 8.39. The first kappa shape index (κ1) is 20.9. The van der Waals surface area contributed by atoms with Crippen LogP contribution < -0.4 is 0 Å². The van der Waals surface area contributed by atoms with Crippen molar-refractivity contribution in [1.82, 2.24) is 19.2 Å². The highest BCUT2D eigenvalue weighted by Crippen LogP contribution is 2.25. The molecule has 2 aromatic heterocycles. The van der Waals surface area contributed by atoms with E-state index in [4.69, 9.17) is 9.72 Å². The molecule has 0 amide bonds. The normalized spacial score (nSPS) is 15.5. The molecule has 0 saturated carbocycles. The largest absolute Gasteiger partial charge is 0.367 e. The smallest absolute Gasteiger partial charge is 0.137 e. The van der Waals surface area contributed by atoms with Gasteiger partial charge in [-0.2, -0.15) is 0 Å². The van der Waals surface area contributed by atoms with Crippen molar-refractivity contribution in [2.45, 2.75) is 12.6 Å². The minimum Gasteiger partial charge on any atom is -0.367 e. The van der Waals surface area contributed by atoms with Crippen molar-refractivity contribution in [3.05, 3.63) is 108 Å². The fraction of sp³-hybridized carbons (Fsp3) is 0.296. The predicted molar refractivity (Wildman–Crippen MR) is 128 cm³/mol. The summed E-state index contributed by atoms with van der Waals surface area (Å²) >= 11 is 0. The highest BCUT2D eigenvalue weighted by Gasteiger charge is 2.19. The highest BCUT2D eigenvalue weighted by molar-refractivity contribution is 5.39. The summed E-state index contributed by atoms with van der Waals surface area (Å²) in [6.45, 7) is 6.86. The molecule has 1 aliphatic rings. The van der Waals surface area contributed by atoms with Crippen LogP contribution in [0.25, 0.3) is 5.65 Å². The summed E-state index contributed by atoms with van der Waals surface area (Å²) in [6.07, 6.45) is 4.18. The second-order valence-electron chi connectivity index (χ2n) is 8.39. The summed E-state index contributed by atoms with van der Waals surface area (Å²) in [7, 11) is 0. The lowest BCUT2D eigenvalue weighted by Gasteiger charge is -2.34. The standard InChI is InChI=1S/C27H30N4O/c1-3-9-23(10-4-1)27(24-11-5-2-6-12-24)32-20-19-29-15-17-30(18-16-29)21-25-22-31-14-8-7-13-26(31)28-25/h1-14,22,27H,15-21H2. The minimum absolute atomic E-state index is 0.0197. The number of hydrogen-bond acceptors (Lipinski definition) is 4. The SMILES string of the molecule is c1ccc(C(OCCN2CCN(Cc3cn4ccccc4n3)CC2)c2ccccc2)cc1. The van der Waals surface area contributed by atoms with Gasteiger partial charge in [0.1, 0.15) is 11.8 Å². The fourth-order valence-corrected chi connectivity index (χ4v) is 4.40. The number of benzene rings is 2. The van der Waals surface area contributed by atoms with Crippen molar-refractivity contribution in [2.75, 3.05) is 39.3 Å². The molecule has 0 bridgehead atoms. The topological polar surface area (TPSA) is 33.0 Å². The lowest BCUT2D eigenvalue weighted by atomic mass is 10.0. The minimum atomic E-state index is -0.0197. The van der Waals surface area contributed by atoms with Crippen LogP contribution in [-0.4, -0.2) is 58.5 Å². The Hall–Kier alpha value is -2.99. The maximum Gasteiger partial charge on any atom is 0.137 e. The van der Waals surface area contributed by atoms with Gasteiger partial charge in [0.25, 0.3) is 0 Å². The molecule has 32 heavy (non-hydrogen) atoms. The van der Waals surface area contributed by atoms with Gasteiger partial charge in [-0.05, 0) is 23.3 Å². The van der Waals surface area contributed by atoms with Crippen molar-refractivity contribution in [3.8, 4) is 0 Å². The summed E-state index contributed by atoms with van der Waals surface area (Å²) in [4.78, 5) is 9.74. The molecule has 0 unspecified atom stereocenters. The zero-order chi connectivity index (χ0) is 21.6. The summed E-state index contributed by atoms with van der Waals surface area (Å²) < 4.78 is 8.50. The first-order valence-electron chi connectivity index (χ1n) is 11.4. The van der Waals surface area contributed by atoms with Crippen LogP contribution >= 0.6 is 0 Å². The molecule has 0 atom stereocenters. The summed E-state index contributed by atoms with van der Waals surface area (Å²) in [5.74, 6) is 0. The van der Waals surface area contributed by atoms with Gasteiger partial charge < -0.3 is 9.14 Å². The van der Waals surface area contributed by atoms with Crippen LogP contribution in [0.15, 0.2) is 91.3 Å². The number of piperazine rings is 1. The molecular weight excluding hydrogens is 396 g/mol. The van der Waals surface area contributed by atoms with E-state index in [0.717, 1.165) is 57.2 Å². The van der Waals surface area contributed by atoms with Gasteiger partial charge in [0, 0.05) is 51.7 Å². The monoisotopic (exact) mass is 426 g/mol. The lowest BCUT2D eigenvalue weighted by Crippen LogP contribution is -2.46. The summed E-state index contributed by atoms with van der Waals surface area (Å²) in [6, 6.07) is 27.2. The van der Waals surface area contributed by atoms with Gasteiger partial charge in [0.2, 0.25) is 0 Å². The van der Waals surface area contributed by atoms with Gasteiger partial charge in [-0.1, -0.05) is 66.7 Å². The van der Waals surface area contributed by atoms with Gasteiger partial charge in [0.05, 0.1) is 12.3 Å². The predicted octanol–water partition coefficient (Wildman–Crippen LogP) is 4.26. The van der Waals surface area contributed by atoms with E-state index in [0.29, 0.717) is 0 Å². The third kappa shape index (κ3) is 5.07. The van der Waals surface area contributed by atoms with Gasteiger partial charge in [-0.15, -0.1) is 0 Å². The molecule has 5 nitrogen and oxygen atoms in total. The van der Waals surface area contributed by atoms with E-state index in [1.807, 2.05) is 12.1 Å². The van der Waals surface area contributed by atoms with Crippen LogP contribution in [0.5, 0.6) is 0 Å². The van der Waals surface area contributed by atoms with E-state index in [1.165, 1.54) is 11.1 Å². The molecule has 3 heterocycles. The lowest BCUT2D eigenvalue weighted by molar-refractivity contribution is 0.0441. The van der Waals surface area contributed by atoms with E-state index in [9.17, 15) is 0 Å². The Morgan fingerprint density at radius 3 is 2.03 bits per heavy atom. The van der Waals surface area contributed by atoms with Gasteiger partial charge in [-0.3, -0.25) is 9.80 Å². The number of hydrogen-bond donors (Lipinski definition) is 0. The van der Waals surface area contributed by atoms with Crippen LogP contribution in [0.3, 0.4) is 0 Å². The van der Waals surface area contributed by atoms with Crippen molar-refractivity contribution >= 4 is 5.65 Å². The highest BCUT2D eigenvalue weighted by atomic mass is 16.5. The molecule has 1 aliphatic heterocycles. The van der Waals surface area contributed by atoms with Gasteiger partial charge in [-0.25, -0.2) is 4.98 Å². The number of imidazole rings is 1. The third-order valence-corrected chi connectivity index (χ3v) is 6.16. The van der Waals surface area contributed by atoms with Crippen molar-refractivity contribution < 1.29 is 4.74 Å². The first-order valence-corrected chi connectivity index (χ1v) is 11.4. The number of fused-ring (bicyclic) bond motifs is 1. The first-order chi connectivity index (χ1) is 15.8. The molecule has 0 radical (unpaired) electrons. The van der Waals surface area contributed by atoms with E-state index in [1.54, 1.807) is 0 Å². The number of rotatable bonds is 8. The number of ether oxygens (including phenoxy) is 1. The van der Waals surface area contributed by atoms with Crippen LogP contribution in [0.1, 0.15) is 22.9 Å². The quantitative estimate of drug-likeness (QED) is 0.422. The average molecular weight is 427 g/mol. The molecule has 1 saturated heterocycles. The Bertz CT molecular complexity index is 1030. The molecule has 0 aliphatic carbocycles. The molecule has 0 spiro atoms. The molecule has 1 fully saturated rings. The van der Waals surface area contributed by atoms with Gasteiger partial charge >= 0.3 is 0 Å². The Kier molecular flexibility index (Phi) is 6.58. The molecule has 164 valence electrons. The number of pyridine rings is 1. The van der Waals surface area contributed by atoms with Crippen molar-refractivity contribution in [2.24, 2.45) is 0 Å². The number of nitrogens with zero attached hydrogens (tertiary/aromatic N) is 4. The van der Waals surface area contributed by atoms with E-state index < -0.39 is 0 Å². The van der Waals surface area contributed by atoms with Crippen molar-refractivity contribution in [3.63, 3.8) is 0 Å². The molecule has 5 heteroatoms. The molecule has 2 aromatic carbocycles. The fourth-order valence-electron chi connectivity index (χ4n) is 4.40. The Morgan fingerprint density at radius 1 is 0.750 bits per heavy atom. The second kappa shape index (κ2) is 10.1. The third-order valence-electron chi connectivity index (χ3n) is 6.16. The maximum atomic E-state index is 6.41. The van der Waals surface area contributed by atoms with E-state index >= 15 is 0 Å². The van der Waals surface area contributed by atoms with Crippen LogP contribution in [-0.2, 0) is 11.3 Å². The van der Waals surface area contributed by atoms with E-state index in [2.05, 4.69) is 93.3 Å². The van der Waals surface area contributed by atoms with Gasteiger partial charge in [0.15, 0.2) is 0 Å². The molecule has 0 N–H and O–H groups in total.